The number of aliphatic hydroxyl groups excluding tert-OH is 2. The first-order valence-corrected chi connectivity index (χ1v) is 11.6. The number of aldehydes is 1. The van der Waals surface area contributed by atoms with Gasteiger partial charge in [-0.05, 0) is 104 Å². The molecule has 0 aromatic heterocycles. The van der Waals surface area contributed by atoms with Gasteiger partial charge in [0.05, 0.1) is 12.2 Å². The summed E-state index contributed by atoms with van der Waals surface area (Å²) in [6, 6.07) is 0. The van der Waals surface area contributed by atoms with Crippen LogP contribution in [0, 0.1) is 46.3 Å². The van der Waals surface area contributed by atoms with Gasteiger partial charge in [-0.3, -0.25) is 0 Å². The molecule has 10 atom stereocenters. The van der Waals surface area contributed by atoms with Crippen LogP contribution in [0.4, 0.5) is 0 Å². The Kier molecular flexibility index (Phi) is 5.25. The van der Waals surface area contributed by atoms with E-state index in [0.29, 0.717) is 52.8 Å². The Labute approximate surface area is 165 Å². The Morgan fingerprint density at radius 3 is 2.44 bits per heavy atom. The largest absolute Gasteiger partial charge is 0.393 e. The molecule has 4 rings (SSSR count). The van der Waals surface area contributed by atoms with Crippen molar-refractivity contribution in [3.63, 3.8) is 0 Å². The molecule has 0 aromatic rings. The van der Waals surface area contributed by atoms with Crippen LogP contribution < -0.4 is 0 Å². The van der Waals surface area contributed by atoms with Crippen LogP contribution in [0.2, 0.25) is 0 Å². The van der Waals surface area contributed by atoms with Crippen LogP contribution >= 0.6 is 0 Å². The molecule has 0 saturated heterocycles. The molecule has 3 heteroatoms. The Morgan fingerprint density at radius 2 is 1.70 bits per heavy atom. The van der Waals surface area contributed by atoms with E-state index in [0.717, 1.165) is 38.4 Å². The zero-order valence-corrected chi connectivity index (χ0v) is 17.6. The number of carbonyl (C=O) groups excluding carboxylic acids is 1. The molecule has 154 valence electrons. The van der Waals surface area contributed by atoms with Crippen molar-refractivity contribution in [1.82, 2.24) is 0 Å². The maximum absolute atomic E-state index is 11.2. The summed E-state index contributed by atoms with van der Waals surface area (Å²) in [7, 11) is 0. The van der Waals surface area contributed by atoms with Crippen LogP contribution in [-0.2, 0) is 4.79 Å². The van der Waals surface area contributed by atoms with Gasteiger partial charge in [0.1, 0.15) is 6.29 Å². The molecule has 0 spiro atoms. The zero-order valence-electron chi connectivity index (χ0n) is 17.6. The highest BCUT2D eigenvalue weighted by atomic mass is 16.3. The van der Waals surface area contributed by atoms with Crippen molar-refractivity contribution < 1.29 is 15.0 Å². The second kappa shape index (κ2) is 7.13. The molecule has 4 aliphatic rings. The first-order chi connectivity index (χ1) is 12.8. The summed E-state index contributed by atoms with van der Waals surface area (Å²) >= 11 is 0. The average molecular weight is 377 g/mol. The van der Waals surface area contributed by atoms with Gasteiger partial charge in [-0.15, -0.1) is 0 Å². The average Bonchev–Trinajstić information content (AvgIpc) is 2.98. The van der Waals surface area contributed by atoms with E-state index >= 15 is 0 Å². The third-order valence-corrected chi connectivity index (χ3v) is 10.2. The quantitative estimate of drug-likeness (QED) is 0.706. The van der Waals surface area contributed by atoms with Crippen LogP contribution in [0.25, 0.3) is 0 Å². The summed E-state index contributed by atoms with van der Waals surface area (Å²) < 4.78 is 0. The van der Waals surface area contributed by atoms with Crippen molar-refractivity contribution in [3.05, 3.63) is 0 Å². The first-order valence-electron chi connectivity index (χ1n) is 11.6. The monoisotopic (exact) mass is 376 g/mol. The Morgan fingerprint density at radius 1 is 1.00 bits per heavy atom. The van der Waals surface area contributed by atoms with Crippen LogP contribution in [0.15, 0.2) is 0 Å². The standard InChI is InChI=1S/C24H40O3/c1-15(5-4-12-25)18-6-7-19-22-20(9-11-24(18,19)3)23(2)10-8-17(26)13-16(23)14-21(22)27/h12,15-22,26-27H,4-11,13-14H2,1-3H3. The van der Waals surface area contributed by atoms with Gasteiger partial charge < -0.3 is 15.0 Å². The van der Waals surface area contributed by atoms with Crippen molar-refractivity contribution in [2.24, 2.45) is 46.3 Å². The fourth-order valence-electron chi connectivity index (χ4n) is 8.71. The minimum atomic E-state index is -0.188. The fourth-order valence-corrected chi connectivity index (χ4v) is 8.71. The third kappa shape index (κ3) is 3.03. The summed E-state index contributed by atoms with van der Waals surface area (Å²) in [5, 5.41) is 21.4. The third-order valence-electron chi connectivity index (χ3n) is 10.2. The van der Waals surface area contributed by atoms with Gasteiger partial charge in [-0.1, -0.05) is 20.8 Å². The fraction of sp³-hybridized carbons (Fsp3) is 0.958. The highest BCUT2D eigenvalue weighted by Gasteiger charge is 2.62. The molecular formula is C24H40O3. The number of aliphatic hydroxyl groups is 2. The van der Waals surface area contributed by atoms with Gasteiger partial charge in [0, 0.05) is 6.42 Å². The van der Waals surface area contributed by atoms with Gasteiger partial charge in [0.25, 0.3) is 0 Å². The number of rotatable bonds is 4. The maximum atomic E-state index is 11.2. The molecule has 0 aliphatic heterocycles. The lowest BCUT2D eigenvalue weighted by atomic mass is 9.43. The molecule has 4 fully saturated rings. The molecule has 0 heterocycles. The molecule has 0 amide bonds. The van der Waals surface area contributed by atoms with E-state index in [1.165, 1.54) is 25.7 Å². The second-order valence-corrected chi connectivity index (χ2v) is 11.2. The molecule has 0 bridgehead atoms. The molecule has 4 saturated carbocycles. The predicted molar refractivity (Wildman–Crippen MR) is 107 cm³/mol. The van der Waals surface area contributed by atoms with Crippen molar-refractivity contribution in [3.8, 4) is 0 Å². The topological polar surface area (TPSA) is 57.5 Å². The van der Waals surface area contributed by atoms with Gasteiger partial charge in [0.2, 0.25) is 0 Å². The van der Waals surface area contributed by atoms with E-state index < -0.39 is 0 Å². The maximum Gasteiger partial charge on any atom is 0.120 e. The SMILES string of the molecule is CC(CCC=O)C1CCC2C3C(O)CC4CC(O)CCC4(C)C3CCC12C. The molecule has 3 nitrogen and oxygen atoms in total. The molecular weight excluding hydrogens is 336 g/mol. The minimum Gasteiger partial charge on any atom is -0.393 e. The van der Waals surface area contributed by atoms with E-state index in [1.807, 2.05) is 0 Å². The smallest absolute Gasteiger partial charge is 0.120 e. The van der Waals surface area contributed by atoms with Crippen molar-refractivity contribution in [1.29, 1.82) is 0 Å². The van der Waals surface area contributed by atoms with Crippen LogP contribution in [-0.4, -0.2) is 28.7 Å². The van der Waals surface area contributed by atoms with E-state index in [-0.39, 0.29) is 12.2 Å². The van der Waals surface area contributed by atoms with Crippen LogP contribution in [0.1, 0.15) is 85.0 Å². The van der Waals surface area contributed by atoms with Crippen molar-refractivity contribution in [2.45, 2.75) is 97.2 Å². The number of fused-ring (bicyclic) bond motifs is 5. The van der Waals surface area contributed by atoms with E-state index in [1.54, 1.807) is 0 Å². The first kappa shape index (κ1) is 19.9. The lowest BCUT2D eigenvalue weighted by Crippen LogP contribution is -2.58. The van der Waals surface area contributed by atoms with Gasteiger partial charge in [-0.2, -0.15) is 0 Å². The summed E-state index contributed by atoms with van der Waals surface area (Å²) in [5.41, 5.74) is 0.646. The predicted octanol–water partition coefficient (Wildman–Crippen LogP) is 4.59. The number of hydrogen-bond donors (Lipinski definition) is 2. The molecule has 27 heavy (non-hydrogen) atoms. The summed E-state index contributed by atoms with van der Waals surface area (Å²) in [5.74, 6) is 3.51. The molecule has 0 radical (unpaired) electrons. The van der Waals surface area contributed by atoms with Crippen molar-refractivity contribution >= 4 is 6.29 Å². The van der Waals surface area contributed by atoms with Crippen LogP contribution in [0.5, 0.6) is 0 Å². The minimum absolute atomic E-state index is 0.157. The zero-order chi connectivity index (χ0) is 19.4. The molecule has 2 N–H and O–H groups in total. The second-order valence-electron chi connectivity index (χ2n) is 11.2. The molecule has 10 unspecified atom stereocenters. The van der Waals surface area contributed by atoms with Crippen LogP contribution in [0.3, 0.4) is 0 Å². The molecule has 0 aromatic carbocycles. The normalized spacial score (nSPS) is 53.1. The highest BCUT2D eigenvalue weighted by Crippen LogP contribution is 2.68. The van der Waals surface area contributed by atoms with E-state index in [4.69, 9.17) is 0 Å². The summed E-state index contributed by atoms with van der Waals surface area (Å²) in [6.07, 6.45) is 11.4. The molecule has 4 aliphatic carbocycles. The Hall–Kier alpha value is -0.410. The summed E-state index contributed by atoms with van der Waals surface area (Å²) in [4.78, 5) is 10.9. The number of carbonyl (C=O) groups is 1. The Balaban J connectivity index is 1.58. The number of hydrogen-bond acceptors (Lipinski definition) is 3. The van der Waals surface area contributed by atoms with E-state index in [2.05, 4.69) is 20.8 Å². The van der Waals surface area contributed by atoms with E-state index in [9.17, 15) is 15.0 Å². The highest BCUT2D eigenvalue weighted by molar-refractivity contribution is 5.49. The van der Waals surface area contributed by atoms with Gasteiger partial charge >= 0.3 is 0 Å². The summed E-state index contributed by atoms with van der Waals surface area (Å²) in [6.45, 7) is 7.34. The Bertz CT molecular complexity index is 562. The lowest BCUT2D eigenvalue weighted by molar-refractivity contribution is -0.174. The lowest BCUT2D eigenvalue weighted by Gasteiger charge is -2.62. The van der Waals surface area contributed by atoms with Crippen molar-refractivity contribution in [2.75, 3.05) is 0 Å². The van der Waals surface area contributed by atoms with Gasteiger partial charge in [0.15, 0.2) is 0 Å². The van der Waals surface area contributed by atoms with Gasteiger partial charge in [-0.25, -0.2) is 0 Å².